The van der Waals surface area contributed by atoms with E-state index in [1.807, 2.05) is 0 Å². The molecule has 0 radical (unpaired) electrons. The van der Waals surface area contributed by atoms with E-state index in [1.165, 1.54) is 44.9 Å². The zero-order chi connectivity index (χ0) is 11.4. The minimum absolute atomic E-state index is 0.445. The topological polar surface area (TPSA) is 9.23 Å². The van der Waals surface area contributed by atoms with E-state index in [2.05, 4.69) is 26.5 Å². The average Bonchev–Trinajstić information content (AvgIpc) is 2.26. The molecule has 0 N–H and O–H groups in total. The first-order valence-electron chi connectivity index (χ1n) is 6.53. The highest BCUT2D eigenvalue weighted by atomic mass is 32.1. The van der Waals surface area contributed by atoms with E-state index in [1.54, 1.807) is 0 Å². The third kappa shape index (κ3) is 12.2. The van der Waals surface area contributed by atoms with Crippen molar-refractivity contribution >= 4 is 12.6 Å². The van der Waals surface area contributed by atoms with Crippen LogP contribution in [0.1, 0.15) is 65.2 Å². The minimum Gasteiger partial charge on any atom is -0.379 e. The fourth-order valence-electron chi connectivity index (χ4n) is 1.50. The second-order valence-electron chi connectivity index (χ2n) is 4.29. The quantitative estimate of drug-likeness (QED) is 0.409. The summed E-state index contributed by atoms with van der Waals surface area (Å²) in [7, 11) is 0. The van der Waals surface area contributed by atoms with Gasteiger partial charge in [-0.3, -0.25) is 0 Å². The Morgan fingerprint density at radius 3 is 2.00 bits per heavy atom. The van der Waals surface area contributed by atoms with Crippen LogP contribution in [-0.2, 0) is 4.74 Å². The molecule has 0 fully saturated rings. The normalized spacial score (nSPS) is 13.0. The van der Waals surface area contributed by atoms with Gasteiger partial charge in [-0.25, -0.2) is 0 Å². The van der Waals surface area contributed by atoms with Crippen LogP contribution in [0.4, 0.5) is 0 Å². The van der Waals surface area contributed by atoms with Crippen molar-refractivity contribution in [2.45, 2.75) is 71.3 Å². The Bertz CT molecular complexity index is 117. The first-order valence-corrected chi connectivity index (χ1v) is 7.17. The molecule has 1 unspecified atom stereocenters. The molecule has 0 aliphatic heterocycles. The highest BCUT2D eigenvalue weighted by molar-refractivity contribution is 7.80. The van der Waals surface area contributed by atoms with Crippen LogP contribution in [0.25, 0.3) is 0 Å². The lowest BCUT2D eigenvalue weighted by atomic mass is 10.1. The van der Waals surface area contributed by atoms with Gasteiger partial charge < -0.3 is 4.74 Å². The standard InChI is InChI=1S/C13H28OS/c1-3-13(2)14-11-9-7-5-4-6-8-10-12-15/h13,15H,3-12H2,1-2H3. The van der Waals surface area contributed by atoms with Gasteiger partial charge in [-0.2, -0.15) is 12.6 Å². The fraction of sp³-hybridized carbons (Fsp3) is 1.00. The van der Waals surface area contributed by atoms with Gasteiger partial charge in [0.1, 0.15) is 0 Å². The van der Waals surface area contributed by atoms with Crippen molar-refractivity contribution in [2.24, 2.45) is 0 Å². The van der Waals surface area contributed by atoms with E-state index < -0.39 is 0 Å². The first-order chi connectivity index (χ1) is 7.31. The maximum atomic E-state index is 5.63. The van der Waals surface area contributed by atoms with E-state index in [9.17, 15) is 0 Å². The molecule has 0 amide bonds. The molecular weight excluding hydrogens is 204 g/mol. The second-order valence-corrected chi connectivity index (χ2v) is 4.74. The average molecular weight is 232 g/mol. The molecule has 0 heterocycles. The van der Waals surface area contributed by atoms with Crippen LogP contribution in [0.2, 0.25) is 0 Å². The molecule has 0 rings (SSSR count). The molecule has 0 aromatic heterocycles. The molecule has 0 aliphatic rings. The van der Waals surface area contributed by atoms with Crippen LogP contribution >= 0.6 is 12.6 Å². The Labute approximate surface area is 101 Å². The fourth-order valence-corrected chi connectivity index (χ4v) is 1.72. The maximum Gasteiger partial charge on any atom is 0.0544 e. The van der Waals surface area contributed by atoms with Crippen molar-refractivity contribution in [1.29, 1.82) is 0 Å². The molecule has 0 saturated heterocycles. The van der Waals surface area contributed by atoms with Crippen LogP contribution in [0.5, 0.6) is 0 Å². The van der Waals surface area contributed by atoms with E-state index in [0.717, 1.165) is 18.8 Å². The van der Waals surface area contributed by atoms with Crippen molar-refractivity contribution in [2.75, 3.05) is 12.4 Å². The SMILES string of the molecule is CCC(C)OCCCCCCCCCS. The number of thiol groups is 1. The summed E-state index contributed by atoms with van der Waals surface area (Å²) in [5.74, 6) is 1.04. The van der Waals surface area contributed by atoms with Crippen molar-refractivity contribution in [3.8, 4) is 0 Å². The lowest BCUT2D eigenvalue weighted by molar-refractivity contribution is 0.0608. The van der Waals surface area contributed by atoms with Crippen LogP contribution in [0.15, 0.2) is 0 Å². The van der Waals surface area contributed by atoms with E-state index in [4.69, 9.17) is 4.74 Å². The van der Waals surface area contributed by atoms with Gasteiger partial charge in [-0.15, -0.1) is 0 Å². The van der Waals surface area contributed by atoms with Gasteiger partial charge in [-0.05, 0) is 31.9 Å². The molecular formula is C13H28OS. The van der Waals surface area contributed by atoms with Gasteiger partial charge in [-0.1, -0.05) is 39.0 Å². The molecule has 0 saturated carbocycles. The molecule has 92 valence electrons. The van der Waals surface area contributed by atoms with Crippen LogP contribution in [-0.4, -0.2) is 18.5 Å². The number of rotatable bonds is 11. The highest BCUT2D eigenvalue weighted by Crippen LogP contribution is 2.08. The largest absolute Gasteiger partial charge is 0.379 e. The maximum absolute atomic E-state index is 5.63. The van der Waals surface area contributed by atoms with Gasteiger partial charge >= 0.3 is 0 Å². The molecule has 1 nitrogen and oxygen atoms in total. The second kappa shape index (κ2) is 12.4. The van der Waals surface area contributed by atoms with E-state index >= 15 is 0 Å². The van der Waals surface area contributed by atoms with Crippen molar-refractivity contribution in [3.05, 3.63) is 0 Å². The molecule has 0 bridgehead atoms. The molecule has 0 aliphatic carbocycles. The lowest BCUT2D eigenvalue weighted by Crippen LogP contribution is -2.07. The molecule has 0 spiro atoms. The Kier molecular flexibility index (Phi) is 12.6. The summed E-state index contributed by atoms with van der Waals surface area (Å²) in [6.45, 7) is 5.27. The summed E-state index contributed by atoms with van der Waals surface area (Å²) in [5, 5.41) is 0. The molecule has 15 heavy (non-hydrogen) atoms. The number of ether oxygens (including phenoxy) is 1. The molecule has 0 aromatic rings. The summed E-state index contributed by atoms with van der Waals surface area (Å²) >= 11 is 4.20. The first kappa shape index (κ1) is 15.3. The predicted molar refractivity (Wildman–Crippen MR) is 71.9 cm³/mol. The molecule has 0 aromatic carbocycles. The summed E-state index contributed by atoms with van der Waals surface area (Å²) in [6.07, 6.45) is 10.9. The Morgan fingerprint density at radius 2 is 1.47 bits per heavy atom. The highest BCUT2D eigenvalue weighted by Gasteiger charge is 1.97. The van der Waals surface area contributed by atoms with E-state index in [0.29, 0.717) is 6.10 Å². The van der Waals surface area contributed by atoms with Gasteiger partial charge in [0.15, 0.2) is 0 Å². The number of hydrogen-bond acceptors (Lipinski definition) is 2. The van der Waals surface area contributed by atoms with Gasteiger partial charge in [0.25, 0.3) is 0 Å². The Balaban J connectivity index is 2.92. The van der Waals surface area contributed by atoms with Crippen molar-refractivity contribution in [3.63, 3.8) is 0 Å². The summed E-state index contributed by atoms with van der Waals surface area (Å²) in [5.41, 5.74) is 0. The van der Waals surface area contributed by atoms with Gasteiger partial charge in [0.05, 0.1) is 6.10 Å². The molecule has 1 atom stereocenters. The minimum atomic E-state index is 0.445. The monoisotopic (exact) mass is 232 g/mol. The van der Waals surface area contributed by atoms with Crippen LogP contribution in [0, 0.1) is 0 Å². The lowest BCUT2D eigenvalue weighted by Gasteiger charge is -2.09. The third-order valence-corrected chi connectivity index (χ3v) is 3.10. The van der Waals surface area contributed by atoms with Gasteiger partial charge in [0, 0.05) is 6.61 Å². The zero-order valence-electron chi connectivity index (χ0n) is 10.5. The summed E-state index contributed by atoms with van der Waals surface area (Å²) in [6, 6.07) is 0. The zero-order valence-corrected chi connectivity index (χ0v) is 11.4. The summed E-state index contributed by atoms with van der Waals surface area (Å²) in [4.78, 5) is 0. The Hall–Kier alpha value is 0.310. The predicted octanol–water partition coefficient (Wildman–Crippen LogP) is 4.46. The van der Waals surface area contributed by atoms with E-state index in [-0.39, 0.29) is 0 Å². The smallest absolute Gasteiger partial charge is 0.0544 e. The number of hydrogen-bond donors (Lipinski definition) is 1. The third-order valence-electron chi connectivity index (χ3n) is 2.78. The van der Waals surface area contributed by atoms with Crippen LogP contribution < -0.4 is 0 Å². The van der Waals surface area contributed by atoms with Crippen molar-refractivity contribution < 1.29 is 4.74 Å². The number of unbranched alkanes of at least 4 members (excludes halogenated alkanes) is 6. The molecule has 2 heteroatoms. The van der Waals surface area contributed by atoms with Gasteiger partial charge in [0.2, 0.25) is 0 Å². The van der Waals surface area contributed by atoms with Crippen LogP contribution in [0.3, 0.4) is 0 Å². The Morgan fingerprint density at radius 1 is 0.933 bits per heavy atom. The summed E-state index contributed by atoms with van der Waals surface area (Å²) < 4.78 is 5.63. The van der Waals surface area contributed by atoms with Crippen molar-refractivity contribution in [1.82, 2.24) is 0 Å².